The molecule has 2 fully saturated rings. The number of primary amides is 1. The fourth-order valence-corrected chi connectivity index (χ4v) is 4.09. The van der Waals surface area contributed by atoms with Gasteiger partial charge in [0.15, 0.2) is 0 Å². The number of nitrogens with two attached hydrogens (primary N) is 1. The van der Waals surface area contributed by atoms with Crippen LogP contribution < -0.4 is 5.73 Å². The van der Waals surface area contributed by atoms with Crippen LogP contribution in [0.1, 0.15) is 31.2 Å². The Balaban J connectivity index is 1.65. The summed E-state index contributed by atoms with van der Waals surface area (Å²) in [6.07, 6.45) is 3.93. The lowest BCUT2D eigenvalue weighted by atomic mass is 9.73. The highest BCUT2D eigenvalue weighted by atomic mass is 16.2. The van der Waals surface area contributed by atoms with Crippen LogP contribution in [0.3, 0.4) is 0 Å². The first kappa shape index (κ1) is 17.5. The van der Waals surface area contributed by atoms with Crippen molar-refractivity contribution in [1.82, 2.24) is 9.80 Å². The number of carbonyl (C=O) groups excluding carboxylic acids is 3. The zero-order valence-corrected chi connectivity index (χ0v) is 14.4. The highest BCUT2D eigenvalue weighted by Gasteiger charge is 2.43. The molecule has 0 aliphatic carbocycles. The van der Waals surface area contributed by atoms with E-state index in [1.54, 1.807) is 4.90 Å². The van der Waals surface area contributed by atoms with E-state index in [2.05, 4.69) is 12.1 Å². The molecule has 134 valence electrons. The van der Waals surface area contributed by atoms with Gasteiger partial charge in [-0.2, -0.15) is 0 Å². The van der Waals surface area contributed by atoms with Crippen LogP contribution in [0.5, 0.6) is 0 Å². The fraction of sp³-hybridized carbons (Fsp3) is 0.526. The zero-order valence-electron chi connectivity index (χ0n) is 14.4. The first-order valence-corrected chi connectivity index (χ1v) is 8.90. The molecule has 1 aromatic carbocycles. The van der Waals surface area contributed by atoms with E-state index in [4.69, 9.17) is 5.73 Å². The number of piperidine rings is 2. The van der Waals surface area contributed by atoms with Crippen LogP contribution >= 0.6 is 0 Å². The molecule has 2 aliphatic rings. The summed E-state index contributed by atoms with van der Waals surface area (Å²) in [5.41, 5.74) is 6.26. The van der Waals surface area contributed by atoms with Crippen LogP contribution in [-0.4, -0.2) is 53.7 Å². The quantitative estimate of drug-likeness (QED) is 0.829. The van der Waals surface area contributed by atoms with Gasteiger partial charge in [-0.05, 0) is 31.2 Å². The van der Waals surface area contributed by atoms with Crippen molar-refractivity contribution in [2.45, 2.75) is 32.1 Å². The molecule has 2 N–H and O–H groups in total. The van der Waals surface area contributed by atoms with Crippen molar-refractivity contribution < 1.29 is 14.4 Å². The van der Waals surface area contributed by atoms with Gasteiger partial charge in [-0.3, -0.25) is 14.4 Å². The molecule has 2 aliphatic heterocycles. The summed E-state index contributed by atoms with van der Waals surface area (Å²) in [4.78, 5) is 39.0. The molecule has 25 heavy (non-hydrogen) atoms. The summed E-state index contributed by atoms with van der Waals surface area (Å²) >= 11 is 0. The molecule has 0 bridgehead atoms. The minimum Gasteiger partial charge on any atom is -0.361 e. The minimum atomic E-state index is -0.898. The molecular weight excluding hydrogens is 318 g/mol. The number of hydrogen-bond donors (Lipinski definition) is 1. The lowest BCUT2D eigenvalue weighted by Crippen LogP contribution is -2.56. The number of nitrogens with zero attached hydrogens (tertiary/aromatic N) is 2. The van der Waals surface area contributed by atoms with Crippen molar-refractivity contribution in [3.05, 3.63) is 35.9 Å². The van der Waals surface area contributed by atoms with Crippen LogP contribution in [0.25, 0.3) is 0 Å². The second kappa shape index (κ2) is 7.25. The van der Waals surface area contributed by atoms with Crippen LogP contribution in [-0.2, 0) is 20.8 Å². The third-order valence-electron chi connectivity index (χ3n) is 5.42. The van der Waals surface area contributed by atoms with E-state index >= 15 is 0 Å². The Labute approximate surface area is 148 Å². The van der Waals surface area contributed by atoms with Crippen molar-refractivity contribution in [3.8, 4) is 0 Å². The van der Waals surface area contributed by atoms with Gasteiger partial charge in [0.05, 0.1) is 0 Å². The number of hydrogen-bond acceptors (Lipinski definition) is 3. The summed E-state index contributed by atoms with van der Waals surface area (Å²) in [5.74, 6) is -1.32. The Morgan fingerprint density at radius 2 is 1.88 bits per heavy atom. The minimum absolute atomic E-state index is 0.103. The summed E-state index contributed by atoms with van der Waals surface area (Å²) < 4.78 is 0. The Morgan fingerprint density at radius 3 is 2.60 bits per heavy atom. The van der Waals surface area contributed by atoms with E-state index in [0.29, 0.717) is 32.6 Å². The van der Waals surface area contributed by atoms with Gasteiger partial charge < -0.3 is 15.5 Å². The van der Waals surface area contributed by atoms with Gasteiger partial charge in [-0.15, -0.1) is 0 Å². The summed E-state index contributed by atoms with van der Waals surface area (Å²) in [6.45, 7) is 2.43. The Hall–Kier alpha value is -2.37. The molecule has 1 spiro atoms. The topological polar surface area (TPSA) is 83.7 Å². The second-order valence-electron chi connectivity index (χ2n) is 7.25. The lowest BCUT2D eigenvalue weighted by Gasteiger charge is -2.48. The van der Waals surface area contributed by atoms with Crippen molar-refractivity contribution in [3.63, 3.8) is 0 Å². The average Bonchev–Trinajstić information content (AvgIpc) is 2.63. The third kappa shape index (κ3) is 4.00. The smallest absolute Gasteiger partial charge is 0.311 e. The molecule has 1 atom stereocenters. The van der Waals surface area contributed by atoms with Crippen molar-refractivity contribution in [1.29, 1.82) is 0 Å². The monoisotopic (exact) mass is 343 g/mol. The molecule has 2 heterocycles. The van der Waals surface area contributed by atoms with E-state index in [-0.39, 0.29) is 11.3 Å². The number of likely N-dealkylation sites (tertiary alicyclic amines) is 2. The molecular formula is C19H25N3O3. The molecule has 3 rings (SSSR count). The molecule has 3 amide bonds. The van der Waals surface area contributed by atoms with Gasteiger partial charge in [0.1, 0.15) is 0 Å². The number of amides is 3. The first-order valence-electron chi connectivity index (χ1n) is 8.90. The van der Waals surface area contributed by atoms with Gasteiger partial charge in [0.2, 0.25) is 5.91 Å². The SMILES string of the molecule is NC(=O)C(=O)N1CCC[C@]2(CCC(=O)N(CCc3ccccc3)C2)C1. The van der Waals surface area contributed by atoms with Gasteiger partial charge in [0, 0.05) is 38.0 Å². The fourth-order valence-electron chi connectivity index (χ4n) is 4.09. The molecule has 1 aromatic rings. The Bertz CT molecular complexity index is 661. The maximum Gasteiger partial charge on any atom is 0.311 e. The molecule has 0 radical (unpaired) electrons. The van der Waals surface area contributed by atoms with E-state index in [1.165, 1.54) is 5.56 Å². The maximum atomic E-state index is 12.3. The normalized spacial score (nSPS) is 23.8. The third-order valence-corrected chi connectivity index (χ3v) is 5.42. The average molecular weight is 343 g/mol. The highest BCUT2D eigenvalue weighted by molar-refractivity contribution is 6.34. The standard InChI is InChI=1S/C19H25N3O3/c20-17(24)18(25)22-11-4-9-19(14-22)10-7-16(23)21(13-19)12-8-15-5-2-1-3-6-15/h1-3,5-6H,4,7-14H2,(H2,20,24)/t19-/m1/s1. The number of rotatable bonds is 3. The Kier molecular flexibility index (Phi) is 5.06. The van der Waals surface area contributed by atoms with Gasteiger partial charge in [0.25, 0.3) is 0 Å². The van der Waals surface area contributed by atoms with E-state index < -0.39 is 11.8 Å². The van der Waals surface area contributed by atoms with E-state index in [9.17, 15) is 14.4 Å². The second-order valence-corrected chi connectivity index (χ2v) is 7.25. The predicted octanol–water partition coefficient (Wildman–Crippen LogP) is 0.946. The van der Waals surface area contributed by atoms with Crippen LogP contribution in [0.15, 0.2) is 30.3 Å². The molecule has 0 unspecified atom stereocenters. The summed E-state index contributed by atoms with van der Waals surface area (Å²) in [5, 5.41) is 0. The molecule has 6 heteroatoms. The van der Waals surface area contributed by atoms with Crippen molar-refractivity contribution in [2.24, 2.45) is 11.1 Å². The molecule has 0 saturated carbocycles. The first-order chi connectivity index (χ1) is 12.0. The summed E-state index contributed by atoms with van der Waals surface area (Å²) in [6, 6.07) is 10.1. The van der Waals surface area contributed by atoms with Crippen LogP contribution in [0.2, 0.25) is 0 Å². The van der Waals surface area contributed by atoms with Crippen molar-refractivity contribution in [2.75, 3.05) is 26.2 Å². The summed E-state index contributed by atoms with van der Waals surface area (Å²) in [7, 11) is 0. The molecule has 6 nitrogen and oxygen atoms in total. The Morgan fingerprint density at radius 1 is 1.12 bits per heavy atom. The highest BCUT2D eigenvalue weighted by Crippen LogP contribution is 2.38. The van der Waals surface area contributed by atoms with Gasteiger partial charge >= 0.3 is 11.8 Å². The molecule has 2 saturated heterocycles. The van der Waals surface area contributed by atoms with Crippen LogP contribution in [0, 0.1) is 5.41 Å². The maximum absolute atomic E-state index is 12.3. The lowest BCUT2D eigenvalue weighted by molar-refractivity contribution is -0.149. The largest absolute Gasteiger partial charge is 0.361 e. The van der Waals surface area contributed by atoms with Gasteiger partial charge in [-0.25, -0.2) is 0 Å². The van der Waals surface area contributed by atoms with E-state index in [0.717, 1.165) is 25.7 Å². The van der Waals surface area contributed by atoms with E-state index in [1.807, 2.05) is 23.1 Å². The number of benzene rings is 1. The van der Waals surface area contributed by atoms with Crippen molar-refractivity contribution >= 4 is 17.7 Å². The predicted molar refractivity (Wildman–Crippen MR) is 93.4 cm³/mol. The van der Waals surface area contributed by atoms with Gasteiger partial charge in [-0.1, -0.05) is 30.3 Å². The number of carbonyl (C=O) groups is 3. The van der Waals surface area contributed by atoms with Crippen LogP contribution in [0.4, 0.5) is 0 Å². The molecule has 0 aromatic heterocycles. The zero-order chi connectivity index (χ0) is 17.9.